The number of nitrogens with zero attached hydrogens (tertiary/aromatic N) is 5. The number of benzene rings is 2. The van der Waals surface area contributed by atoms with E-state index in [0.29, 0.717) is 43.1 Å². The van der Waals surface area contributed by atoms with E-state index in [1.807, 2.05) is 0 Å². The molecule has 2 aromatic heterocycles. The summed E-state index contributed by atoms with van der Waals surface area (Å²) in [5.41, 5.74) is 2.99. The number of Topliss-reactive ketones (excluding diaryl/α,β-unsaturated/α-hetero) is 1. The molecule has 0 saturated carbocycles. The number of piperazine rings is 1. The number of aliphatic hydroxyl groups excluding tert-OH is 1. The maximum atomic E-state index is 13.4. The molecule has 0 aliphatic carbocycles. The van der Waals surface area contributed by atoms with E-state index in [0.717, 1.165) is 55.1 Å². The molecule has 0 radical (unpaired) electrons. The second-order valence-electron chi connectivity index (χ2n) is 10.4. The van der Waals surface area contributed by atoms with Crippen LogP contribution in [0, 0.1) is 5.82 Å². The summed E-state index contributed by atoms with van der Waals surface area (Å²) < 4.78 is 54.1. The van der Waals surface area contributed by atoms with Crippen molar-refractivity contribution >= 4 is 5.78 Å². The third-order valence-electron chi connectivity index (χ3n) is 7.47. The third kappa shape index (κ3) is 7.28. The lowest BCUT2D eigenvalue weighted by Crippen LogP contribution is -2.45. The minimum absolute atomic E-state index is 0.296. The van der Waals surface area contributed by atoms with Gasteiger partial charge in [0.05, 0.1) is 17.5 Å². The van der Waals surface area contributed by atoms with Gasteiger partial charge in [-0.1, -0.05) is 24.3 Å². The first-order valence-corrected chi connectivity index (χ1v) is 13.7. The molecular formula is C31H31F4N5O2. The zero-order valence-electron chi connectivity index (χ0n) is 22.9. The van der Waals surface area contributed by atoms with Crippen LogP contribution in [0.5, 0.6) is 0 Å². The number of pyridine rings is 1. The Morgan fingerprint density at radius 2 is 1.50 bits per heavy atom. The fraction of sp³-hybridized carbons (Fsp3) is 0.323. The molecule has 4 aromatic rings. The van der Waals surface area contributed by atoms with Gasteiger partial charge in [0.15, 0.2) is 11.6 Å². The molecule has 2 aromatic carbocycles. The molecule has 5 rings (SSSR count). The van der Waals surface area contributed by atoms with Gasteiger partial charge in [0.25, 0.3) is 0 Å². The van der Waals surface area contributed by atoms with Gasteiger partial charge in [-0.15, -0.1) is 0 Å². The first-order valence-electron chi connectivity index (χ1n) is 13.7. The first kappa shape index (κ1) is 29.6. The molecule has 3 heterocycles. The second-order valence-corrected chi connectivity index (χ2v) is 10.4. The van der Waals surface area contributed by atoms with Gasteiger partial charge in [0.1, 0.15) is 18.1 Å². The third-order valence-corrected chi connectivity index (χ3v) is 7.47. The number of hydrogen-bond donors (Lipinski definition) is 1. The van der Waals surface area contributed by atoms with E-state index >= 15 is 0 Å². The fourth-order valence-corrected chi connectivity index (χ4v) is 5.09. The molecule has 1 aliphatic rings. The van der Waals surface area contributed by atoms with E-state index < -0.39 is 24.1 Å². The van der Waals surface area contributed by atoms with Crippen molar-refractivity contribution in [3.05, 3.63) is 107 Å². The highest BCUT2D eigenvalue weighted by Gasteiger charge is 2.30. The minimum Gasteiger partial charge on any atom is -0.388 e. The number of halogens is 4. The SMILES string of the molecule is O=C(CO)c1ccnc(-c2ncc(CN3CCN(Cc4ccc(C(F)(F)F)cc4)CC3)n2CCc2ccc(F)cc2)c1. The van der Waals surface area contributed by atoms with Gasteiger partial charge < -0.3 is 9.67 Å². The largest absolute Gasteiger partial charge is 0.416 e. The number of aryl methyl sites for hydroxylation is 1. The Morgan fingerprint density at radius 3 is 2.14 bits per heavy atom. The molecule has 1 saturated heterocycles. The van der Waals surface area contributed by atoms with Gasteiger partial charge in [0.2, 0.25) is 0 Å². The number of carbonyl (C=O) groups excluding carboxylic acids is 1. The Hall–Kier alpha value is -3.93. The lowest BCUT2D eigenvalue weighted by atomic mass is 10.1. The van der Waals surface area contributed by atoms with Gasteiger partial charge in [-0.05, 0) is 53.9 Å². The van der Waals surface area contributed by atoms with Crippen LogP contribution in [-0.4, -0.2) is 68.0 Å². The van der Waals surface area contributed by atoms with Crippen molar-refractivity contribution in [2.75, 3.05) is 32.8 Å². The van der Waals surface area contributed by atoms with Gasteiger partial charge in [-0.25, -0.2) is 9.37 Å². The van der Waals surface area contributed by atoms with Crippen molar-refractivity contribution in [1.29, 1.82) is 0 Å². The zero-order valence-corrected chi connectivity index (χ0v) is 22.9. The number of imidazole rings is 1. The lowest BCUT2D eigenvalue weighted by molar-refractivity contribution is -0.137. The average molecular weight is 582 g/mol. The van der Waals surface area contributed by atoms with E-state index in [1.165, 1.54) is 30.5 Å². The highest BCUT2D eigenvalue weighted by Crippen LogP contribution is 2.29. The quantitative estimate of drug-likeness (QED) is 0.214. The Kier molecular flexibility index (Phi) is 9.10. The smallest absolute Gasteiger partial charge is 0.388 e. The van der Waals surface area contributed by atoms with Crippen LogP contribution in [0.3, 0.4) is 0 Å². The van der Waals surface area contributed by atoms with Crippen LogP contribution in [0.4, 0.5) is 17.6 Å². The van der Waals surface area contributed by atoms with Crippen LogP contribution in [0.25, 0.3) is 11.5 Å². The van der Waals surface area contributed by atoms with E-state index in [-0.39, 0.29) is 5.82 Å². The Morgan fingerprint density at radius 1 is 0.857 bits per heavy atom. The van der Waals surface area contributed by atoms with Crippen molar-refractivity contribution in [3.63, 3.8) is 0 Å². The summed E-state index contributed by atoms with van der Waals surface area (Å²) in [4.78, 5) is 25.7. The van der Waals surface area contributed by atoms with Crippen LogP contribution < -0.4 is 0 Å². The summed E-state index contributed by atoms with van der Waals surface area (Å²) in [6.45, 7) is 4.26. The van der Waals surface area contributed by atoms with Crippen molar-refractivity contribution in [1.82, 2.24) is 24.3 Å². The molecule has 0 spiro atoms. The minimum atomic E-state index is -4.34. The first-order chi connectivity index (χ1) is 20.2. The van der Waals surface area contributed by atoms with Crippen molar-refractivity contribution in [3.8, 4) is 11.5 Å². The fourth-order valence-electron chi connectivity index (χ4n) is 5.09. The number of carbonyl (C=O) groups is 1. The molecular weight excluding hydrogens is 550 g/mol. The average Bonchev–Trinajstić information content (AvgIpc) is 3.39. The van der Waals surface area contributed by atoms with Crippen molar-refractivity contribution in [2.24, 2.45) is 0 Å². The zero-order chi connectivity index (χ0) is 29.7. The summed E-state index contributed by atoms with van der Waals surface area (Å²) in [6.07, 6.45) is -0.387. The van der Waals surface area contributed by atoms with Gasteiger partial charge in [-0.2, -0.15) is 13.2 Å². The monoisotopic (exact) mass is 581 g/mol. The van der Waals surface area contributed by atoms with Crippen LogP contribution in [0.2, 0.25) is 0 Å². The second kappa shape index (κ2) is 12.9. The molecule has 1 fully saturated rings. The van der Waals surface area contributed by atoms with Crippen LogP contribution in [-0.2, 0) is 32.2 Å². The maximum absolute atomic E-state index is 13.4. The Bertz CT molecular complexity index is 1500. The van der Waals surface area contributed by atoms with Crippen LogP contribution in [0.15, 0.2) is 73.1 Å². The molecule has 1 N–H and O–H groups in total. The summed E-state index contributed by atoms with van der Waals surface area (Å²) in [7, 11) is 0. The molecule has 11 heteroatoms. The molecule has 42 heavy (non-hydrogen) atoms. The van der Waals surface area contributed by atoms with E-state index in [1.54, 1.807) is 30.5 Å². The molecule has 220 valence electrons. The molecule has 0 amide bonds. The van der Waals surface area contributed by atoms with E-state index in [2.05, 4.69) is 24.3 Å². The Balaban J connectivity index is 1.28. The number of alkyl halides is 3. The summed E-state index contributed by atoms with van der Waals surface area (Å²) in [5.74, 6) is -0.104. The van der Waals surface area contributed by atoms with Crippen molar-refractivity contribution < 1.29 is 27.5 Å². The highest BCUT2D eigenvalue weighted by molar-refractivity contribution is 5.97. The van der Waals surface area contributed by atoms with Gasteiger partial charge in [-0.3, -0.25) is 19.6 Å². The van der Waals surface area contributed by atoms with Crippen LogP contribution >= 0.6 is 0 Å². The number of aromatic nitrogens is 3. The van der Waals surface area contributed by atoms with Crippen LogP contribution in [0.1, 0.15) is 32.7 Å². The Labute approximate surface area is 241 Å². The van der Waals surface area contributed by atoms with Gasteiger partial charge >= 0.3 is 6.18 Å². The van der Waals surface area contributed by atoms with Gasteiger partial charge in [0, 0.05) is 57.6 Å². The predicted molar refractivity (Wildman–Crippen MR) is 149 cm³/mol. The maximum Gasteiger partial charge on any atom is 0.416 e. The lowest BCUT2D eigenvalue weighted by Gasteiger charge is -2.34. The topological polar surface area (TPSA) is 74.5 Å². The number of hydrogen-bond acceptors (Lipinski definition) is 6. The predicted octanol–water partition coefficient (Wildman–Crippen LogP) is 4.84. The highest BCUT2D eigenvalue weighted by atomic mass is 19.4. The number of rotatable bonds is 10. The standard InChI is InChI=1S/C31H31F4N5O2/c32-26-7-3-22(4-8-26)10-12-40-27(18-37-30(40)28-17-24(9-11-36-28)29(42)21-41)20-39-15-13-38(14-16-39)19-23-1-5-25(6-2-23)31(33,34)35/h1-9,11,17-18,41H,10,12-16,19-21H2. The summed E-state index contributed by atoms with van der Waals surface area (Å²) in [6, 6.07) is 14.9. The van der Waals surface area contributed by atoms with Crippen molar-refractivity contribution in [2.45, 2.75) is 32.2 Å². The molecule has 0 unspecified atom stereocenters. The normalized spacial score (nSPS) is 14.8. The number of ketones is 1. The molecule has 0 bridgehead atoms. The summed E-state index contributed by atoms with van der Waals surface area (Å²) in [5, 5.41) is 9.29. The number of aliphatic hydroxyl groups is 1. The summed E-state index contributed by atoms with van der Waals surface area (Å²) >= 11 is 0. The van der Waals surface area contributed by atoms with E-state index in [4.69, 9.17) is 0 Å². The molecule has 7 nitrogen and oxygen atoms in total. The molecule has 1 aliphatic heterocycles. The van der Waals surface area contributed by atoms with E-state index in [9.17, 15) is 27.5 Å². The molecule has 0 atom stereocenters.